The smallest absolute Gasteiger partial charge is 0.305 e. The predicted molar refractivity (Wildman–Crippen MR) is 110 cm³/mol. The van der Waals surface area contributed by atoms with Crippen molar-refractivity contribution in [3.8, 4) is 0 Å². The number of piperidine rings is 1. The number of methoxy groups -OCH3 is 1. The Morgan fingerprint density at radius 1 is 1.24 bits per heavy atom. The standard InChI is InChI=1S/C21H25N5O3/c1-29-18(28)10-6-12-26-16(13-25-11-5-4-9-17(25)27)24-19-20(26)14-7-2-3-8-15(14)23-21(19)22/h2-3,7-8H,4-6,9-13H2,1H3,(H2,22,23). The number of rotatable bonds is 6. The molecule has 1 aliphatic rings. The molecule has 1 saturated heterocycles. The monoisotopic (exact) mass is 395 g/mol. The molecule has 0 spiro atoms. The minimum Gasteiger partial charge on any atom is -0.469 e. The first-order valence-electron chi connectivity index (χ1n) is 9.96. The number of para-hydroxylation sites is 1. The molecule has 0 aliphatic carbocycles. The summed E-state index contributed by atoms with van der Waals surface area (Å²) in [5.74, 6) is 1.05. The number of esters is 1. The number of carbonyl (C=O) groups excluding carboxylic acids is 2. The Labute approximate surface area is 168 Å². The highest BCUT2D eigenvalue weighted by molar-refractivity contribution is 6.06. The highest BCUT2D eigenvalue weighted by Crippen LogP contribution is 2.30. The molecule has 1 fully saturated rings. The maximum absolute atomic E-state index is 12.3. The van der Waals surface area contributed by atoms with Gasteiger partial charge in [0.2, 0.25) is 5.91 Å². The van der Waals surface area contributed by atoms with Gasteiger partial charge >= 0.3 is 5.97 Å². The van der Waals surface area contributed by atoms with E-state index >= 15 is 0 Å². The number of nitrogens with two attached hydrogens (primary N) is 1. The number of aryl methyl sites for hydroxylation is 1. The van der Waals surface area contributed by atoms with E-state index in [0.717, 1.165) is 41.6 Å². The molecule has 29 heavy (non-hydrogen) atoms. The van der Waals surface area contributed by atoms with Crippen molar-refractivity contribution in [2.75, 3.05) is 19.4 Å². The third-order valence-electron chi connectivity index (χ3n) is 5.43. The SMILES string of the molecule is COC(=O)CCCn1c(CN2CCCCC2=O)nc2c(N)nc3ccccc3c21. The van der Waals surface area contributed by atoms with Gasteiger partial charge in [-0.3, -0.25) is 9.59 Å². The Hall–Kier alpha value is -3.16. The molecule has 8 nitrogen and oxygen atoms in total. The molecule has 4 rings (SSSR count). The van der Waals surface area contributed by atoms with Gasteiger partial charge in [-0.1, -0.05) is 18.2 Å². The van der Waals surface area contributed by atoms with E-state index in [1.165, 1.54) is 7.11 Å². The van der Waals surface area contributed by atoms with Crippen LogP contribution in [0.15, 0.2) is 24.3 Å². The van der Waals surface area contributed by atoms with Gasteiger partial charge < -0.3 is 19.9 Å². The zero-order valence-electron chi connectivity index (χ0n) is 16.6. The van der Waals surface area contributed by atoms with Crippen LogP contribution >= 0.6 is 0 Å². The molecule has 1 aliphatic heterocycles. The number of imidazole rings is 1. The molecule has 0 saturated carbocycles. The summed E-state index contributed by atoms with van der Waals surface area (Å²) in [4.78, 5) is 35.0. The number of pyridine rings is 1. The highest BCUT2D eigenvalue weighted by atomic mass is 16.5. The Bertz CT molecular complexity index is 1080. The van der Waals surface area contributed by atoms with Crippen LogP contribution in [0.4, 0.5) is 5.82 Å². The van der Waals surface area contributed by atoms with Crippen LogP contribution in [-0.2, 0) is 27.4 Å². The van der Waals surface area contributed by atoms with Gasteiger partial charge in [-0.05, 0) is 25.3 Å². The lowest BCUT2D eigenvalue weighted by Gasteiger charge is -2.26. The molecule has 0 bridgehead atoms. The van der Waals surface area contributed by atoms with E-state index in [1.807, 2.05) is 29.2 Å². The normalized spacial score (nSPS) is 14.7. The minimum absolute atomic E-state index is 0.153. The second-order valence-corrected chi connectivity index (χ2v) is 7.34. The van der Waals surface area contributed by atoms with Crippen molar-refractivity contribution in [1.82, 2.24) is 19.4 Å². The number of hydrogen-bond donors (Lipinski definition) is 1. The van der Waals surface area contributed by atoms with Crippen molar-refractivity contribution in [1.29, 1.82) is 0 Å². The van der Waals surface area contributed by atoms with E-state index in [4.69, 9.17) is 15.5 Å². The molecular weight excluding hydrogens is 370 g/mol. The first kappa shape index (κ1) is 19.2. The van der Waals surface area contributed by atoms with E-state index in [1.54, 1.807) is 0 Å². The lowest BCUT2D eigenvalue weighted by atomic mass is 10.1. The number of aromatic nitrogens is 3. The molecule has 2 N–H and O–H groups in total. The van der Waals surface area contributed by atoms with Crippen molar-refractivity contribution in [2.24, 2.45) is 0 Å². The van der Waals surface area contributed by atoms with Gasteiger partial charge in [-0.2, -0.15) is 0 Å². The molecule has 0 radical (unpaired) electrons. The predicted octanol–water partition coefficient (Wildman–Crippen LogP) is 2.63. The number of carbonyl (C=O) groups is 2. The number of nitrogen functional groups attached to an aromatic ring is 1. The molecule has 2 aromatic heterocycles. The molecule has 0 atom stereocenters. The molecule has 1 amide bonds. The van der Waals surface area contributed by atoms with Gasteiger partial charge in [-0.15, -0.1) is 0 Å². The zero-order valence-corrected chi connectivity index (χ0v) is 16.6. The molecule has 8 heteroatoms. The van der Waals surface area contributed by atoms with E-state index in [0.29, 0.717) is 43.7 Å². The fraction of sp³-hybridized carbons (Fsp3) is 0.429. The summed E-state index contributed by atoms with van der Waals surface area (Å²) >= 11 is 0. The van der Waals surface area contributed by atoms with E-state index in [-0.39, 0.29) is 11.9 Å². The molecule has 152 valence electrons. The number of fused-ring (bicyclic) bond motifs is 3. The number of hydrogen-bond acceptors (Lipinski definition) is 6. The van der Waals surface area contributed by atoms with Crippen LogP contribution in [0.3, 0.4) is 0 Å². The van der Waals surface area contributed by atoms with Gasteiger partial charge in [0.15, 0.2) is 5.82 Å². The number of anilines is 1. The maximum atomic E-state index is 12.3. The summed E-state index contributed by atoms with van der Waals surface area (Å²) in [6, 6.07) is 7.80. The van der Waals surface area contributed by atoms with Crippen LogP contribution < -0.4 is 5.73 Å². The van der Waals surface area contributed by atoms with Gasteiger partial charge in [0, 0.05) is 31.3 Å². The van der Waals surface area contributed by atoms with Gasteiger partial charge in [-0.25, -0.2) is 9.97 Å². The van der Waals surface area contributed by atoms with E-state index < -0.39 is 0 Å². The fourth-order valence-electron chi connectivity index (χ4n) is 3.95. The van der Waals surface area contributed by atoms with Crippen molar-refractivity contribution < 1.29 is 14.3 Å². The second kappa shape index (κ2) is 8.06. The van der Waals surface area contributed by atoms with Gasteiger partial charge in [0.25, 0.3) is 0 Å². The van der Waals surface area contributed by atoms with Crippen molar-refractivity contribution in [3.63, 3.8) is 0 Å². The van der Waals surface area contributed by atoms with Crippen LogP contribution in [0.1, 0.15) is 37.9 Å². The minimum atomic E-state index is -0.242. The lowest BCUT2D eigenvalue weighted by molar-refractivity contribution is -0.140. The number of nitrogens with zero attached hydrogens (tertiary/aromatic N) is 4. The molecule has 3 aromatic rings. The molecule has 1 aromatic carbocycles. The molecule has 3 heterocycles. The summed E-state index contributed by atoms with van der Waals surface area (Å²) in [5, 5.41) is 0.957. The Balaban J connectivity index is 1.79. The summed E-state index contributed by atoms with van der Waals surface area (Å²) in [6.45, 7) is 1.74. The topological polar surface area (TPSA) is 103 Å². The quantitative estimate of drug-likeness (QED) is 0.644. The maximum Gasteiger partial charge on any atom is 0.305 e. The summed E-state index contributed by atoms with van der Waals surface area (Å²) < 4.78 is 6.85. The Morgan fingerprint density at radius 2 is 2.07 bits per heavy atom. The van der Waals surface area contributed by atoms with Crippen molar-refractivity contribution in [2.45, 2.75) is 45.2 Å². The van der Waals surface area contributed by atoms with Crippen LogP contribution in [-0.4, -0.2) is 45.0 Å². The molecular formula is C21H25N5O3. The summed E-state index contributed by atoms with van der Waals surface area (Å²) in [7, 11) is 1.39. The van der Waals surface area contributed by atoms with Crippen molar-refractivity contribution >= 4 is 39.6 Å². The number of ether oxygens (including phenoxy) is 1. The number of benzene rings is 1. The van der Waals surface area contributed by atoms with E-state index in [9.17, 15) is 9.59 Å². The van der Waals surface area contributed by atoms with Crippen LogP contribution in [0.25, 0.3) is 21.9 Å². The molecule has 0 unspecified atom stereocenters. The Morgan fingerprint density at radius 3 is 2.86 bits per heavy atom. The highest BCUT2D eigenvalue weighted by Gasteiger charge is 2.23. The van der Waals surface area contributed by atoms with E-state index in [2.05, 4.69) is 9.55 Å². The zero-order chi connectivity index (χ0) is 20.4. The number of likely N-dealkylation sites (tertiary alicyclic amines) is 1. The van der Waals surface area contributed by atoms with Gasteiger partial charge in [0.05, 0.1) is 24.7 Å². The largest absolute Gasteiger partial charge is 0.469 e. The average molecular weight is 395 g/mol. The van der Waals surface area contributed by atoms with Crippen LogP contribution in [0.5, 0.6) is 0 Å². The fourth-order valence-corrected chi connectivity index (χ4v) is 3.95. The summed E-state index contributed by atoms with van der Waals surface area (Å²) in [5.41, 5.74) is 8.56. The average Bonchev–Trinajstić information content (AvgIpc) is 3.09. The number of amides is 1. The third-order valence-corrected chi connectivity index (χ3v) is 5.43. The lowest BCUT2D eigenvalue weighted by Crippen LogP contribution is -2.35. The van der Waals surface area contributed by atoms with Crippen LogP contribution in [0.2, 0.25) is 0 Å². The first-order chi connectivity index (χ1) is 14.1. The third kappa shape index (κ3) is 3.74. The van der Waals surface area contributed by atoms with Crippen molar-refractivity contribution in [3.05, 3.63) is 30.1 Å². The van der Waals surface area contributed by atoms with Crippen LogP contribution in [0, 0.1) is 0 Å². The first-order valence-corrected chi connectivity index (χ1v) is 9.96. The second-order valence-electron chi connectivity index (χ2n) is 7.34. The van der Waals surface area contributed by atoms with Gasteiger partial charge in [0.1, 0.15) is 11.3 Å². The Kier molecular flexibility index (Phi) is 5.33. The summed E-state index contributed by atoms with van der Waals surface area (Å²) in [6.07, 6.45) is 3.44.